The zero-order valence-corrected chi connectivity index (χ0v) is 13.5. The molecule has 3 rings (SSSR count). The third-order valence-electron chi connectivity index (χ3n) is 4.03. The molecule has 3 heteroatoms. The molecule has 0 aliphatic carbocycles. The van der Waals surface area contributed by atoms with Crippen LogP contribution in [0, 0.1) is 0 Å². The lowest BCUT2D eigenvalue weighted by Gasteiger charge is -2.14. The number of para-hydroxylation sites is 1. The maximum absolute atomic E-state index is 3.62. The van der Waals surface area contributed by atoms with Crippen molar-refractivity contribution in [2.45, 2.75) is 32.9 Å². The van der Waals surface area contributed by atoms with Gasteiger partial charge in [-0.05, 0) is 41.8 Å². The van der Waals surface area contributed by atoms with Crippen molar-refractivity contribution in [2.75, 3.05) is 6.54 Å². The molecule has 0 spiro atoms. The summed E-state index contributed by atoms with van der Waals surface area (Å²) in [6.45, 7) is 6.46. The summed E-state index contributed by atoms with van der Waals surface area (Å²) in [5.41, 5.74) is 2.83. The summed E-state index contributed by atoms with van der Waals surface area (Å²) in [7, 11) is 0. The van der Waals surface area contributed by atoms with E-state index < -0.39 is 0 Å². The highest BCUT2D eigenvalue weighted by Crippen LogP contribution is 2.21. The number of nitrogens with zero attached hydrogens (tertiary/aromatic N) is 1. The van der Waals surface area contributed by atoms with E-state index in [-0.39, 0.29) is 0 Å². The molecular formula is C18H22N2S. The van der Waals surface area contributed by atoms with Gasteiger partial charge in [0.05, 0.1) is 5.52 Å². The number of hydrogen-bond donors (Lipinski definition) is 1. The van der Waals surface area contributed by atoms with E-state index in [0.717, 1.165) is 19.5 Å². The Kier molecular flexibility index (Phi) is 4.42. The van der Waals surface area contributed by atoms with Crippen molar-refractivity contribution in [3.05, 3.63) is 58.4 Å². The van der Waals surface area contributed by atoms with E-state index in [9.17, 15) is 0 Å². The highest BCUT2D eigenvalue weighted by Gasteiger charge is 2.07. The van der Waals surface area contributed by atoms with Gasteiger partial charge in [0.1, 0.15) is 0 Å². The fraction of sp³-hybridized carbons (Fsp3) is 0.333. The Bertz CT molecular complexity index is 697. The average Bonchev–Trinajstić information content (AvgIpc) is 3.16. The molecule has 1 atom stereocenters. The van der Waals surface area contributed by atoms with Crippen LogP contribution in [0.15, 0.2) is 48.0 Å². The SMILES string of the molecule is CCc1cccc2ccn(CCNC(C)c3cccs3)c12. The molecular weight excluding hydrogens is 276 g/mol. The van der Waals surface area contributed by atoms with Crippen LogP contribution in [0.3, 0.4) is 0 Å². The maximum atomic E-state index is 3.62. The van der Waals surface area contributed by atoms with Crippen molar-refractivity contribution in [3.63, 3.8) is 0 Å². The number of fused-ring (bicyclic) bond motifs is 1. The van der Waals surface area contributed by atoms with Gasteiger partial charge in [-0.15, -0.1) is 11.3 Å². The minimum atomic E-state index is 0.428. The van der Waals surface area contributed by atoms with Gasteiger partial charge >= 0.3 is 0 Å². The first kappa shape index (κ1) is 14.4. The van der Waals surface area contributed by atoms with Crippen LogP contribution in [0.2, 0.25) is 0 Å². The summed E-state index contributed by atoms with van der Waals surface area (Å²) in [5.74, 6) is 0. The standard InChI is InChI=1S/C18H22N2S/c1-3-15-6-4-7-16-9-11-20(18(15)16)12-10-19-14(2)17-8-5-13-21-17/h4-9,11,13-14,19H,3,10,12H2,1-2H3. The molecule has 0 fully saturated rings. The predicted octanol–water partition coefficient (Wildman–Crippen LogP) is 4.62. The Morgan fingerprint density at radius 1 is 1.19 bits per heavy atom. The maximum Gasteiger partial charge on any atom is 0.0513 e. The quantitative estimate of drug-likeness (QED) is 0.703. The third-order valence-corrected chi connectivity index (χ3v) is 5.08. The van der Waals surface area contributed by atoms with Crippen LogP contribution in [-0.2, 0) is 13.0 Å². The summed E-state index contributed by atoms with van der Waals surface area (Å²) < 4.78 is 2.38. The lowest BCUT2D eigenvalue weighted by atomic mass is 10.1. The normalized spacial score (nSPS) is 12.9. The van der Waals surface area contributed by atoms with Crippen LogP contribution in [0.5, 0.6) is 0 Å². The first-order valence-corrected chi connectivity index (χ1v) is 8.51. The lowest BCUT2D eigenvalue weighted by Crippen LogP contribution is -2.22. The van der Waals surface area contributed by atoms with Gasteiger partial charge in [-0.25, -0.2) is 0 Å². The van der Waals surface area contributed by atoms with E-state index in [1.807, 2.05) is 11.3 Å². The van der Waals surface area contributed by atoms with Crippen LogP contribution in [0.25, 0.3) is 10.9 Å². The zero-order chi connectivity index (χ0) is 14.7. The third kappa shape index (κ3) is 3.04. The van der Waals surface area contributed by atoms with Gasteiger partial charge in [-0.3, -0.25) is 0 Å². The van der Waals surface area contributed by atoms with Crippen molar-refractivity contribution < 1.29 is 0 Å². The van der Waals surface area contributed by atoms with Crippen LogP contribution in [-0.4, -0.2) is 11.1 Å². The average molecular weight is 298 g/mol. The summed E-state index contributed by atoms with van der Waals surface area (Å²) >= 11 is 1.82. The molecule has 110 valence electrons. The molecule has 0 aliphatic heterocycles. The first-order chi connectivity index (χ1) is 10.3. The van der Waals surface area contributed by atoms with Crippen molar-refractivity contribution in [1.82, 2.24) is 9.88 Å². The van der Waals surface area contributed by atoms with Gasteiger partial charge in [0.15, 0.2) is 0 Å². The van der Waals surface area contributed by atoms with Crippen LogP contribution < -0.4 is 5.32 Å². The molecule has 0 radical (unpaired) electrons. The number of hydrogen-bond acceptors (Lipinski definition) is 2. The fourth-order valence-electron chi connectivity index (χ4n) is 2.85. The summed E-state index contributed by atoms with van der Waals surface area (Å²) in [5, 5.41) is 7.10. The van der Waals surface area contributed by atoms with E-state index in [1.54, 1.807) is 0 Å². The molecule has 2 aromatic heterocycles. The van der Waals surface area contributed by atoms with Crippen molar-refractivity contribution in [3.8, 4) is 0 Å². The molecule has 1 unspecified atom stereocenters. The van der Waals surface area contributed by atoms with Crippen LogP contribution >= 0.6 is 11.3 Å². The Balaban J connectivity index is 1.68. The summed E-state index contributed by atoms with van der Waals surface area (Å²) in [6.07, 6.45) is 3.29. The number of thiophene rings is 1. The molecule has 1 N–H and O–H groups in total. The topological polar surface area (TPSA) is 17.0 Å². The highest BCUT2D eigenvalue weighted by atomic mass is 32.1. The molecule has 1 aromatic carbocycles. The smallest absolute Gasteiger partial charge is 0.0513 e. The minimum absolute atomic E-state index is 0.428. The van der Waals surface area contributed by atoms with E-state index in [1.165, 1.54) is 21.3 Å². The molecule has 2 nitrogen and oxygen atoms in total. The molecule has 0 amide bonds. The van der Waals surface area contributed by atoms with Crippen molar-refractivity contribution in [2.24, 2.45) is 0 Å². The Hall–Kier alpha value is -1.58. The van der Waals surface area contributed by atoms with Gasteiger partial charge in [0.25, 0.3) is 0 Å². The minimum Gasteiger partial charge on any atom is -0.346 e. The Morgan fingerprint density at radius 3 is 2.86 bits per heavy atom. The summed E-state index contributed by atoms with van der Waals surface area (Å²) in [4.78, 5) is 1.40. The van der Waals surface area contributed by atoms with Crippen LogP contribution in [0.4, 0.5) is 0 Å². The number of aryl methyl sites for hydroxylation is 1. The van der Waals surface area contributed by atoms with Gasteiger partial charge < -0.3 is 9.88 Å². The summed E-state index contributed by atoms with van der Waals surface area (Å²) in [6, 6.07) is 13.6. The fourth-order valence-corrected chi connectivity index (χ4v) is 3.61. The first-order valence-electron chi connectivity index (χ1n) is 7.63. The molecule has 2 heterocycles. The monoisotopic (exact) mass is 298 g/mol. The van der Waals surface area contributed by atoms with Gasteiger partial charge in [0.2, 0.25) is 0 Å². The number of aromatic nitrogens is 1. The van der Waals surface area contributed by atoms with Crippen LogP contribution in [0.1, 0.15) is 30.3 Å². The second kappa shape index (κ2) is 6.46. The predicted molar refractivity (Wildman–Crippen MR) is 92.1 cm³/mol. The van der Waals surface area contributed by atoms with Gasteiger partial charge in [0, 0.05) is 30.2 Å². The van der Waals surface area contributed by atoms with Crippen molar-refractivity contribution >= 4 is 22.2 Å². The molecule has 21 heavy (non-hydrogen) atoms. The largest absolute Gasteiger partial charge is 0.346 e. The lowest BCUT2D eigenvalue weighted by molar-refractivity contribution is 0.542. The van der Waals surface area contributed by atoms with E-state index in [0.29, 0.717) is 6.04 Å². The molecule has 0 saturated carbocycles. The Labute approximate surface area is 130 Å². The highest BCUT2D eigenvalue weighted by molar-refractivity contribution is 7.10. The van der Waals surface area contributed by atoms with E-state index in [2.05, 4.69) is 71.7 Å². The van der Waals surface area contributed by atoms with Crippen molar-refractivity contribution in [1.29, 1.82) is 0 Å². The second-order valence-electron chi connectivity index (χ2n) is 5.41. The molecule has 0 bridgehead atoms. The number of nitrogens with one attached hydrogen (secondary N) is 1. The molecule has 3 aromatic rings. The molecule has 0 aliphatic rings. The van der Waals surface area contributed by atoms with E-state index in [4.69, 9.17) is 0 Å². The molecule has 0 saturated heterocycles. The zero-order valence-electron chi connectivity index (χ0n) is 12.7. The van der Waals surface area contributed by atoms with Gasteiger partial charge in [-0.1, -0.05) is 31.2 Å². The number of benzene rings is 1. The Morgan fingerprint density at radius 2 is 2.10 bits per heavy atom. The van der Waals surface area contributed by atoms with Gasteiger partial charge in [-0.2, -0.15) is 0 Å². The number of rotatable bonds is 6. The second-order valence-corrected chi connectivity index (χ2v) is 6.39. The van der Waals surface area contributed by atoms with E-state index >= 15 is 0 Å².